The maximum atomic E-state index is 11.4. The lowest BCUT2D eigenvalue weighted by Crippen LogP contribution is -2.44. The Labute approximate surface area is 86.1 Å². The van der Waals surface area contributed by atoms with E-state index < -0.39 is 0 Å². The summed E-state index contributed by atoms with van der Waals surface area (Å²) in [7, 11) is 1.75. The second kappa shape index (κ2) is 5.98. The third kappa shape index (κ3) is 5.19. The van der Waals surface area contributed by atoms with Crippen LogP contribution in [0.3, 0.4) is 0 Å². The van der Waals surface area contributed by atoms with Crippen molar-refractivity contribution in [3.8, 4) is 0 Å². The van der Waals surface area contributed by atoms with E-state index in [1.165, 1.54) is 0 Å². The molecule has 1 unspecified atom stereocenters. The van der Waals surface area contributed by atoms with E-state index in [0.29, 0.717) is 13.0 Å². The van der Waals surface area contributed by atoms with E-state index in [1.54, 1.807) is 7.05 Å². The molecule has 1 amide bonds. The van der Waals surface area contributed by atoms with Gasteiger partial charge in [0, 0.05) is 13.2 Å². The number of rotatable bonds is 6. The van der Waals surface area contributed by atoms with Crippen LogP contribution >= 0.6 is 0 Å². The zero-order valence-electron chi connectivity index (χ0n) is 9.55. The molecule has 0 aromatic carbocycles. The number of carbonyl (C=O) groups is 1. The highest BCUT2D eigenvalue weighted by Crippen LogP contribution is 2.17. The van der Waals surface area contributed by atoms with Crippen molar-refractivity contribution in [1.29, 1.82) is 0 Å². The minimum absolute atomic E-state index is 0.00138. The first-order valence-electron chi connectivity index (χ1n) is 4.99. The van der Waals surface area contributed by atoms with Crippen LogP contribution in [0.2, 0.25) is 0 Å². The fourth-order valence-corrected chi connectivity index (χ4v) is 1.00. The fraction of sp³-hybridized carbons (Fsp3) is 0.900. The van der Waals surface area contributed by atoms with Crippen molar-refractivity contribution in [2.75, 3.05) is 20.2 Å². The largest absolute Gasteiger partial charge is 0.396 e. The minimum atomic E-state index is -0.167. The Bertz CT molecular complexity index is 181. The summed E-state index contributed by atoms with van der Waals surface area (Å²) in [5, 5.41) is 14.5. The molecule has 14 heavy (non-hydrogen) atoms. The molecule has 0 radical (unpaired) electrons. The monoisotopic (exact) mass is 202 g/mol. The number of aliphatic hydroxyl groups excluding tert-OH is 1. The topological polar surface area (TPSA) is 61.4 Å². The van der Waals surface area contributed by atoms with Gasteiger partial charge in [-0.2, -0.15) is 0 Å². The Hall–Kier alpha value is -0.610. The van der Waals surface area contributed by atoms with Crippen LogP contribution in [0.5, 0.6) is 0 Å². The van der Waals surface area contributed by atoms with Crippen molar-refractivity contribution in [3.05, 3.63) is 0 Å². The molecule has 0 rings (SSSR count). The maximum Gasteiger partial charge on any atom is 0.236 e. The molecule has 0 bridgehead atoms. The third-order valence-electron chi connectivity index (χ3n) is 2.36. The lowest BCUT2D eigenvalue weighted by Gasteiger charge is -2.24. The van der Waals surface area contributed by atoms with E-state index in [4.69, 9.17) is 5.11 Å². The van der Waals surface area contributed by atoms with Crippen LogP contribution < -0.4 is 10.6 Å². The van der Waals surface area contributed by atoms with Gasteiger partial charge in [-0.05, 0) is 25.8 Å². The quantitative estimate of drug-likeness (QED) is 0.573. The van der Waals surface area contributed by atoms with Gasteiger partial charge in [-0.3, -0.25) is 4.79 Å². The summed E-state index contributed by atoms with van der Waals surface area (Å²) < 4.78 is 0. The van der Waals surface area contributed by atoms with Crippen LogP contribution in [0.4, 0.5) is 0 Å². The lowest BCUT2D eigenvalue weighted by atomic mass is 9.90. The van der Waals surface area contributed by atoms with Crippen LogP contribution in [0.1, 0.15) is 27.2 Å². The van der Waals surface area contributed by atoms with Crippen molar-refractivity contribution in [2.45, 2.75) is 33.2 Å². The van der Waals surface area contributed by atoms with Gasteiger partial charge in [-0.1, -0.05) is 13.8 Å². The zero-order chi connectivity index (χ0) is 11.2. The lowest BCUT2D eigenvalue weighted by molar-refractivity contribution is -0.123. The Morgan fingerprint density at radius 2 is 2.07 bits per heavy atom. The van der Waals surface area contributed by atoms with Crippen LogP contribution in [0, 0.1) is 5.41 Å². The van der Waals surface area contributed by atoms with Gasteiger partial charge < -0.3 is 15.7 Å². The molecule has 0 aliphatic carbocycles. The van der Waals surface area contributed by atoms with Crippen LogP contribution in [-0.4, -0.2) is 37.3 Å². The number of likely N-dealkylation sites (N-methyl/N-ethyl adjacent to an activating group) is 1. The van der Waals surface area contributed by atoms with Gasteiger partial charge in [0.1, 0.15) is 0 Å². The third-order valence-corrected chi connectivity index (χ3v) is 2.36. The molecule has 0 aromatic rings. The molecular formula is C10H22N2O2. The number of aliphatic hydroxyl groups is 1. The Morgan fingerprint density at radius 3 is 2.50 bits per heavy atom. The molecule has 3 N–H and O–H groups in total. The van der Waals surface area contributed by atoms with Gasteiger partial charge in [0.2, 0.25) is 5.91 Å². The van der Waals surface area contributed by atoms with E-state index in [1.807, 2.05) is 20.8 Å². The molecule has 84 valence electrons. The molecule has 4 heteroatoms. The van der Waals surface area contributed by atoms with Gasteiger partial charge in [0.05, 0.1) is 6.04 Å². The second-order valence-corrected chi connectivity index (χ2v) is 4.37. The maximum absolute atomic E-state index is 11.4. The normalized spacial score (nSPS) is 13.8. The minimum Gasteiger partial charge on any atom is -0.396 e. The van der Waals surface area contributed by atoms with Crippen molar-refractivity contribution in [1.82, 2.24) is 10.6 Å². The SMILES string of the molecule is CNC(C)C(=O)NCC(C)(C)CCO. The van der Waals surface area contributed by atoms with Crippen LogP contribution in [-0.2, 0) is 4.79 Å². The highest BCUT2D eigenvalue weighted by atomic mass is 16.3. The molecule has 0 aliphatic rings. The van der Waals surface area contributed by atoms with Crippen LogP contribution in [0.25, 0.3) is 0 Å². The predicted octanol–water partition coefficient (Wildman–Crippen LogP) is 0.119. The number of amides is 1. The number of hydrogen-bond acceptors (Lipinski definition) is 3. The first kappa shape index (κ1) is 13.4. The van der Waals surface area contributed by atoms with E-state index in [0.717, 1.165) is 0 Å². The van der Waals surface area contributed by atoms with E-state index >= 15 is 0 Å². The zero-order valence-corrected chi connectivity index (χ0v) is 9.55. The smallest absolute Gasteiger partial charge is 0.236 e. The second-order valence-electron chi connectivity index (χ2n) is 4.37. The highest BCUT2D eigenvalue weighted by molar-refractivity contribution is 5.81. The summed E-state index contributed by atoms with van der Waals surface area (Å²) in [6.45, 7) is 6.61. The summed E-state index contributed by atoms with van der Waals surface area (Å²) >= 11 is 0. The Kier molecular flexibility index (Phi) is 5.72. The summed E-state index contributed by atoms with van der Waals surface area (Å²) in [4.78, 5) is 11.4. The van der Waals surface area contributed by atoms with Gasteiger partial charge >= 0.3 is 0 Å². The summed E-state index contributed by atoms with van der Waals surface area (Å²) in [6, 6.07) is -0.167. The molecule has 1 atom stereocenters. The number of nitrogens with one attached hydrogen (secondary N) is 2. The number of carbonyl (C=O) groups excluding carboxylic acids is 1. The summed E-state index contributed by atoms with van der Waals surface area (Å²) in [6.07, 6.45) is 0.696. The standard InChI is InChI=1S/C10H22N2O2/c1-8(11-4)9(14)12-7-10(2,3)5-6-13/h8,11,13H,5-7H2,1-4H3,(H,12,14). The van der Waals surface area contributed by atoms with Gasteiger partial charge in [-0.15, -0.1) is 0 Å². The van der Waals surface area contributed by atoms with Crippen LogP contribution in [0.15, 0.2) is 0 Å². The first-order chi connectivity index (χ1) is 6.43. The molecule has 0 aliphatic heterocycles. The molecule has 0 fully saturated rings. The molecular weight excluding hydrogens is 180 g/mol. The first-order valence-corrected chi connectivity index (χ1v) is 4.99. The molecule has 4 nitrogen and oxygen atoms in total. The summed E-state index contributed by atoms with van der Waals surface area (Å²) in [5.41, 5.74) is -0.0438. The molecule has 0 heterocycles. The fourth-order valence-electron chi connectivity index (χ4n) is 1.00. The molecule has 0 aromatic heterocycles. The molecule has 0 saturated heterocycles. The van der Waals surface area contributed by atoms with E-state index in [2.05, 4.69) is 10.6 Å². The van der Waals surface area contributed by atoms with Crippen molar-refractivity contribution in [2.24, 2.45) is 5.41 Å². The molecule has 0 saturated carbocycles. The van der Waals surface area contributed by atoms with Gasteiger partial charge in [-0.25, -0.2) is 0 Å². The van der Waals surface area contributed by atoms with Crippen molar-refractivity contribution in [3.63, 3.8) is 0 Å². The van der Waals surface area contributed by atoms with Crippen molar-refractivity contribution >= 4 is 5.91 Å². The summed E-state index contributed by atoms with van der Waals surface area (Å²) in [5.74, 6) is -0.00138. The van der Waals surface area contributed by atoms with Crippen molar-refractivity contribution < 1.29 is 9.90 Å². The van der Waals surface area contributed by atoms with Gasteiger partial charge in [0.25, 0.3) is 0 Å². The number of hydrogen-bond donors (Lipinski definition) is 3. The van der Waals surface area contributed by atoms with E-state index in [-0.39, 0.29) is 24.0 Å². The van der Waals surface area contributed by atoms with E-state index in [9.17, 15) is 4.79 Å². The average molecular weight is 202 g/mol. The average Bonchev–Trinajstić information content (AvgIpc) is 2.13. The van der Waals surface area contributed by atoms with Gasteiger partial charge in [0.15, 0.2) is 0 Å². The predicted molar refractivity (Wildman–Crippen MR) is 57.0 cm³/mol. The Balaban J connectivity index is 3.87. The highest BCUT2D eigenvalue weighted by Gasteiger charge is 2.19. The Morgan fingerprint density at radius 1 is 1.50 bits per heavy atom. The molecule has 0 spiro atoms.